The quantitative estimate of drug-likeness (QED) is 0.400. The molecule has 9 nitrogen and oxygen atoms in total. The van der Waals surface area contributed by atoms with E-state index in [0.717, 1.165) is 45.3 Å². The summed E-state index contributed by atoms with van der Waals surface area (Å²) in [7, 11) is 1.40. The highest BCUT2D eigenvalue weighted by Crippen LogP contribution is 2.40. The number of ether oxygens (including phenoxy) is 3. The molecule has 0 amide bonds. The molecule has 1 aliphatic heterocycles. The van der Waals surface area contributed by atoms with E-state index in [1.807, 2.05) is 0 Å². The topological polar surface area (TPSA) is 111 Å². The molecule has 0 aromatic heterocycles. The van der Waals surface area contributed by atoms with Crippen molar-refractivity contribution in [2.24, 2.45) is 0 Å². The zero-order chi connectivity index (χ0) is 19.1. The molecule has 1 aliphatic rings. The van der Waals surface area contributed by atoms with Crippen molar-refractivity contribution >= 4 is 11.7 Å². The molecular formula is C17H24N2O7. The van der Waals surface area contributed by atoms with Crippen molar-refractivity contribution in [3.05, 3.63) is 27.3 Å². The Morgan fingerprint density at radius 1 is 1.42 bits per heavy atom. The van der Waals surface area contributed by atoms with Gasteiger partial charge in [0.05, 0.1) is 37.9 Å². The third kappa shape index (κ3) is 4.61. The van der Waals surface area contributed by atoms with E-state index in [-0.39, 0.29) is 29.0 Å². The minimum absolute atomic E-state index is 0.197. The number of nitrogens with zero attached hydrogens (tertiary/aromatic N) is 2. The smallest absolute Gasteiger partial charge is 0.343 e. The maximum absolute atomic E-state index is 11.5. The van der Waals surface area contributed by atoms with Crippen LogP contribution in [0.2, 0.25) is 0 Å². The zero-order valence-electron chi connectivity index (χ0n) is 15.0. The van der Waals surface area contributed by atoms with E-state index in [1.165, 1.54) is 7.11 Å². The average Bonchev–Trinajstić information content (AvgIpc) is 2.64. The van der Waals surface area contributed by atoms with Gasteiger partial charge in [0.1, 0.15) is 5.56 Å². The number of nitro benzene ring substituents is 1. The molecule has 0 radical (unpaired) electrons. The summed E-state index contributed by atoms with van der Waals surface area (Å²) in [6.45, 7) is 6.09. The summed E-state index contributed by atoms with van der Waals surface area (Å²) in [5.41, 5.74) is -0.578. The first-order chi connectivity index (χ1) is 12.5. The number of hydrogen-bond acceptors (Lipinski definition) is 7. The van der Waals surface area contributed by atoms with Gasteiger partial charge < -0.3 is 19.3 Å². The summed E-state index contributed by atoms with van der Waals surface area (Å²) in [6, 6.07) is 1.14. The fourth-order valence-corrected chi connectivity index (χ4v) is 3.02. The maximum atomic E-state index is 11.5. The SMILES string of the molecule is CCc1c(OC)c(OCCCN2CCOCC2)cc([N+](=O)[O-])c1C(=O)O. The molecule has 1 fully saturated rings. The van der Waals surface area contributed by atoms with Crippen LogP contribution in [0.4, 0.5) is 5.69 Å². The molecule has 0 unspecified atom stereocenters. The molecular weight excluding hydrogens is 344 g/mol. The number of morpholine rings is 1. The first-order valence-electron chi connectivity index (χ1n) is 8.54. The van der Waals surface area contributed by atoms with Gasteiger partial charge in [-0.25, -0.2) is 4.79 Å². The molecule has 1 aromatic rings. The zero-order valence-corrected chi connectivity index (χ0v) is 15.0. The molecule has 1 saturated heterocycles. The second-order valence-corrected chi connectivity index (χ2v) is 5.85. The fourth-order valence-electron chi connectivity index (χ4n) is 3.02. The second kappa shape index (κ2) is 9.35. The van der Waals surface area contributed by atoms with Crippen LogP contribution in [0.1, 0.15) is 29.3 Å². The fraction of sp³-hybridized carbons (Fsp3) is 0.588. The average molecular weight is 368 g/mol. The van der Waals surface area contributed by atoms with E-state index in [9.17, 15) is 20.0 Å². The Bertz CT molecular complexity index is 657. The van der Waals surface area contributed by atoms with Gasteiger partial charge in [-0.1, -0.05) is 6.92 Å². The van der Waals surface area contributed by atoms with Gasteiger partial charge in [0.2, 0.25) is 0 Å². The molecule has 0 atom stereocenters. The minimum Gasteiger partial charge on any atom is -0.493 e. The maximum Gasteiger partial charge on any atom is 0.343 e. The number of rotatable bonds is 9. The number of carbonyl (C=O) groups is 1. The molecule has 26 heavy (non-hydrogen) atoms. The Labute approximate surface area is 151 Å². The standard InChI is InChI=1S/C17H24N2O7/c1-3-12-15(17(20)21)13(19(22)23)11-14(16(12)24-2)26-8-4-5-18-6-9-25-10-7-18/h11H,3-10H2,1-2H3,(H,20,21). The van der Waals surface area contributed by atoms with Crippen LogP contribution in [0.15, 0.2) is 6.07 Å². The Kier molecular flexibility index (Phi) is 7.16. The summed E-state index contributed by atoms with van der Waals surface area (Å²) in [4.78, 5) is 24.4. The predicted octanol–water partition coefficient (Wildman–Crippen LogP) is 1.97. The minimum atomic E-state index is -1.36. The van der Waals surface area contributed by atoms with Crippen molar-refractivity contribution in [3.63, 3.8) is 0 Å². The monoisotopic (exact) mass is 368 g/mol. The van der Waals surface area contributed by atoms with Crippen LogP contribution < -0.4 is 9.47 Å². The molecule has 2 rings (SSSR count). The van der Waals surface area contributed by atoms with Crippen LogP contribution in [0.25, 0.3) is 0 Å². The molecule has 1 N–H and O–H groups in total. The molecule has 144 valence electrons. The van der Waals surface area contributed by atoms with E-state index in [0.29, 0.717) is 6.61 Å². The molecule has 9 heteroatoms. The van der Waals surface area contributed by atoms with Gasteiger partial charge in [-0.2, -0.15) is 0 Å². The summed E-state index contributed by atoms with van der Waals surface area (Å²) in [5, 5.41) is 20.7. The number of nitro groups is 1. The number of hydrogen-bond donors (Lipinski definition) is 1. The van der Waals surface area contributed by atoms with E-state index < -0.39 is 16.6 Å². The number of carboxylic acids is 1. The van der Waals surface area contributed by atoms with Crippen LogP contribution in [0, 0.1) is 10.1 Å². The highest BCUT2D eigenvalue weighted by Gasteiger charge is 2.29. The lowest BCUT2D eigenvalue weighted by Crippen LogP contribution is -2.37. The van der Waals surface area contributed by atoms with Gasteiger partial charge in [-0.15, -0.1) is 0 Å². The highest BCUT2D eigenvalue weighted by atomic mass is 16.6. The highest BCUT2D eigenvalue weighted by molar-refractivity contribution is 5.95. The number of benzene rings is 1. The Balaban J connectivity index is 2.17. The van der Waals surface area contributed by atoms with Gasteiger partial charge in [-0.3, -0.25) is 15.0 Å². The second-order valence-electron chi connectivity index (χ2n) is 5.85. The van der Waals surface area contributed by atoms with Crippen molar-refractivity contribution in [2.45, 2.75) is 19.8 Å². The van der Waals surface area contributed by atoms with Crippen molar-refractivity contribution in [2.75, 3.05) is 46.6 Å². The lowest BCUT2D eigenvalue weighted by molar-refractivity contribution is -0.385. The summed E-state index contributed by atoms with van der Waals surface area (Å²) < 4.78 is 16.3. The van der Waals surface area contributed by atoms with Crippen molar-refractivity contribution in [3.8, 4) is 11.5 Å². The van der Waals surface area contributed by atoms with Gasteiger partial charge in [0, 0.05) is 25.2 Å². The molecule has 1 aromatic carbocycles. The normalized spacial score (nSPS) is 14.8. The summed E-state index contributed by atoms with van der Waals surface area (Å²) in [5.74, 6) is -0.921. The summed E-state index contributed by atoms with van der Waals surface area (Å²) >= 11 is 0. The van der Waals surface area contributed by atoms with Crippen LogP contribution in [0.3, 0.4) is 0 Å². The van der Waals surface area contributed by atoms with Crippen molar-refractivity contribution in [1.82, 2.24) is 4.90 Å². The third-order valence-corrected chi connectivity index (χ3v) is 4.27. The predicted molar refractivity (Wildman–Crippen MR) is 93.4 cm³/mol. The number of aromatic carboxylic acids is 1. The third-order valence-electron chi connectivity index (χ3n) is 4.27. The van der Waals surface area contributed by atoms with Gasteiger partial charge in [-0.05, 0) is 12.8 Å². The van der Waals surface area contributed by atoms with Gasteiger partial charge in [0.25, 0.3) is 5.69 Å². The van der Waals surface area contributed by atoms with E-state index >= 15 is 0 Å². The first kappa shape index (κ1) is 19.9. The van der Waals surface area contributed by atoms with E-state index in [1.54, 1.807) is 6.92 Å². The Morgan fingerprint density at radius 2 is 2.12 bits per heavy atom. The Hall–Kier alpha value is -2.39. The molecule has 0 spiro atoms. The van der Waals surface area contributed by atoms with Crippen LogP contribution >= 0.6 is 0 Å². The van der Waals surface area contributed by atoms with Crippen LogP contribution in [-0.4, -0.2) is 67.5 Å². The number of carboxylic acid groups (broad SMARTS) is 1. The summed E-state index contributed by atoms with van der Waals surface area (Å²) in [6.07, 6.45) is 1.01. The Morgan fingerprint density at radius 3 is 2.65 bits per heavy atom. The molecule has 0 bridgehead atoms. The largest absolute Gasteiger partial charge is 0.493 e. The van der Waals surface area contributed by atoms with Crippen molar-refractivity contribution < 1.29 is 29.0 Å². The van der Waals surface area contributed by atoms with Crippen LogP contribution in [0.5, 0.6) is 11.5 Å². The molecule has 1 heterocycles. The number of methoxy groups -OCH3 is 1. The lowest BCUT2D eigenvalue weighted by atomic mass is 10.0. The van der Waals surface area contributed by atoms with Crippen molar-refractivity contribution in [1.29, 1.82) is 0 Å². The first-order valence-corrected chi connectivity index (χ1v) is 8.54. The molecule has 0 aliphatic carbocycles. The van der Waals surface area contributed by atoms with E-state index in [2.05, 4.69) is 4.90 Å². The van der Waals surface area contributed by atoms with Gasteiger partial charge in [0.15, 0.2) is 11.5 Å². The lowest BCUT2D eigenvalue weighted by Gasteiger charge is -2.26. The van der Waals surface area contributed by atoms with Gasteiger partial charge >= 0.3 is 5.97 Å². The van der Waals surface area contributed by atoms with Crippen LogP contribution in [-0.2, 0) is 11.2 Å². The van der Waals surface area contributed by atoms with E-state index in [4.69, 9.17) is 14.2 Å². The molecule has 0 saturated carbocycles.